The van der Waals surface area contributed by atoms with E-state index in [1.54, 1.807) is 29.5 Å². The molecule has 7 heteroatoms. The third kappa shape index (κ3) is 3.79. The molecule has 2 atom stereocenters. The first kappa shape index (κ1) is 16.1. The van der Waals surface area contributed by atoms with Crippen molar-refractivity contribution in [1.29, 1.82) is 0 Å². The largest absolute Gasteiger partial charge is 0.339 e. The van der Waals surface area contributed by atoms with Crippen molar-refractivity contribution >= 4 is 17.2 Å². The molecule has 5 nitrogen and oxygen atoms in total. The molecule has 0 spiro atoms. The van der Waals surface area contributed by atoms with E-state index < -0.39 is 6.17 Å². The van der Waals surface area contributed by atoms with E-state index in [0.717, 1.165) is 6.54 Å². The average molecular weight is 336 g/mol. The number of thiophene rings is 1. The van der Waals surface area contributed by atoms with Crippen molar-refractivity contribution in [3.8, 4) is 0 Å². The molecule has 0 unspecified atom stereocenters. The van der Waals surface area contributed by atoms with Crippen LogP contribution in [0, 0.1) is 6.92 Å². The van der Waals surface area contributed by atoms with Gasteiger partial charge in [-0.05, 0) is 24.8 Å². The number of aryl methyl sites for hydroxylation is 1. The number of alkyl halides is 1. The highest BCUT2D eigenvalue weighted by atomic mass is 32.1. The highest BCUT2D eigenvalue weighted by molar-refractivity contribution is 7.09. The third-order valence-corrected chi connectivity index (χ3v) is 5.04. The van der Waals surface area contributed by atoms with E-state index in [0.29, 0.717) is 31.0 Å². The Balaban J connectivity index is 1.63. The fourth-order valence-corrected chi connectivity index (χ4v) is 3.77. The van der Waals surface area contributed by atoms with Crippen LogP contribution in [0.15, 0.2) is 23.7 Å². The number of imidazole rings is 1. The van der Waals surface area contributed by atoms with Crippen molar-refractivity contribution in [3.05, 3.63) is 40.1 Å². The summed E-state index contributed by atoms with van der Waals surface area (Å²) in [7, 11) is 1.76. The molecule has 1 aliphatic rings. The maximum Gasteiger partial charge on any atom is 0.271 e. The molecule has 3 rings (SSSR count). The van der Waals surface area contributed by atoms with E-state index in [1.165, 1.54) is 4.88 Å². The summed E-state index contributed by atoms with van der Waals surface area (Å²) in [6.45, 7) is 3.51. The average Bonchev–Trinajstić information content (AvgIpc) is 3.22. The highest BCUT2D eigenvalue weighted by Gasteiger charge is 2.33. The minimum Gasteiger partial charge on any atom is -0.339 e. The van der Waals surface area contributed by atoms with Crippen LogP contribution in [0.2, 0.25) is 0 Å². The molecule has 1 aliphatic heterocycles. The van der Waals surface area contributed by atoms with Gasteiger partial charge in [0.15, 0.2) is 0 Å². The van der Waals surface area contributed by atoms with Gasteiger partial charge in [0.2, 0.25) is 0 Å². The van der Waals surface area contributed by atoms with Gasteiger partial charge in [-0.2, -0.15) is 0 Å². The number of aromatic amines is 1. The van der Waals surface area contributed by atoms with Crippen molar-refractivity contribution in [1.82, 2.24) is 19.8 Å². The van der Waals surface area contributed by atoms with Gasteiger partial charge in [-0.25, -0.2) is 9.37 Å². The van der Waals surface area contributed by atoms with Gasteiger partial charge in [0.25, 0.3) is 5.91 Å². The second kappa shape index (κ2) is 6.80. The number of nitrogens with zero attached hydrogens (tertiary/aromatic N) is 3. The molecule has 0 aliphatic carbocycles. The molecule has 0 aromatic carbocycles. The van der Waals surface area contributed by atoms with Gasteiger partial charge in [0, 0.05) is 37.6 Å². The Hall–Kier alpha value is -1.73. The predicted molar refractivity (Wildman–Crippen MR) is 88.3 cm³/mol. The van der Waals surface area contributed by atoms with E-state index in [2.05, 4.69) is 20.9 Å². The number of carbonyl (C=O) groups is 1. The number of halogens is 1. The fourth-order valence-electron chi connectivity index (χ4n) is 3.04. The molecule has 124 valence electrons. The van der Waals surface area contributed by atoms with E-state index in [4.69, 9.17) is 0 Å². The quantitative estimate of drug-likeness (QED) is 0.912. The van der Waals surface area contributed by atoms with E-state index in [9.17, 15) is 9.18 Å². The molecule has 1 saturated heterocycles. The number of hydrogen-bond donors (Lipinski definition) is 1. The maximum atomic E-state index is 13.9. The summed E-state index contributed by atoms with van der Waals surface area (Å²) in [6.07, 6.45) is 1.20. The van der Waals surface area contributed by atoms with Crippen molar-refractivity contribution < 1.29 is 9.18 Å². The lowest BCUT2D eigenvalue weighted by Gasteiger charge is -2.27. The molecule has 0 bridgehead atoms. The summed E-state index contributed by atoms with van der Waals surface area (Å²) in [5.41, 5.74) is 0.476. The van der Waals surface area contributed by atoms with Gasteiger partial charge < -0.3 is 9.88 Å². The second-order valence-electron chi connectivity index (χ2n) is 6.06. The number of H-pyrrole nitrogens is 1. The number of hydrogen-bond acceptors (Lipinski definition) is 4. The SMILES string of the molecule is Cc1ncc(C(=O)N(C)C[C@@H]2C[C@H](F)CN2Cc2cccs2)[nH]1. The Bertz CT molecular complexity index is 657. The minimum absolute atomic E-state index is 0.0464. The smallest absolute Gasteiger partial charge is 0.271 e. The molecule has 1 amide bonds. The van der Waals surface area contributed by atoms with Crippen LogP contribution in [0.3, 0.4) is 0 Å². The lowest BCUT2D eigenvalue weighted by atomic mass is 10.2. The first-order valence-corrected chi connectivity index (χ1v) is 8.58. The van der Waals surface area contributed by atoms with Crippen LogP contribution in [0.1, 0.15) is 27.6 Å². The summed E-state index contributed by atoms with van der Waals surface area (Å²) in [6, 6.07) is 4.12. The van der Waals surface area contributed by atoms with Crippen LogP contribution in [0.25, 0.3) is 0 Å². The zero-order valence-corrected chi connectivity index (χ0v) is 14.1. The minimum atomic E-state index is -0.821. The normalized spacial score (nSPS) is 21.7. The number of carbonyl (C=O) groups excluding carboxylic acids is 1. The Morgan fingerprint density at radius 2 is 2.43 bits per heavy atom. The summed E-state index contributed by atoms with van der Waals surface area (Å²) in [4.78, 5) is 24.4. The number of rotatable bonds is 5. The summed E-state index contributed by atoms with van der Waals surface area (Å²) >= 11 is 1.68. The van der Waals surface area contributed by atoms with Gasteiger partial charge in [-0.1, -0.05) is 6.07 Å². The second-order valence-corrected chi connectivity index (χ2v) is 7.10. The van der Waals surface area contributed by atoms with E-state index in [1.807, 2.05) is 18.4 Å². The number of amides is 1. The van der Waals surface area contributed by atoms with Gasteiger partial charge >= 0.3 is 0 Å². The van der Waals surface area contributed by atoms with Crippen LogP contribution in [0.4, 0.5) is 4.39 Å². The molecule has 1 fully saturated rings. The molecule has 2 aromatic rings. The maximum absolute atomic E-state index is 13.9. The molecule has 2 aromatic heterocycles. The Labute approximate surface area is 139 Å². The highest BCUT2D eigenvalue weighted by Crippen LogP contribution is 2.25. The lowest BCUT2D eigenvalue weighted by molar-refractivity contribution is 0.0745. The number of nitrogens with one attached hydrogen (secondary N) is 1. The topological polar surface area (TPSA) is 52.2 Å². The lowest BCUT2D eigenvalue weighted by Crippen LogP contribution is -2.40. The summed E-state index contributed by atoms with van der Waals surface area (Å²) in [5, 5.41) is 2.03. The Morgan fingerprint density at radius 1 is 1.61 bits per heavy atom. The van der Waals surface area contributed by atoms with Crippen LogP contribution in [-0.4, -0.2) is 58.0 Å². The van der Waals surface area contributed by atoms with E-state index in [-0.39, 0.29) is 11.9 Å². The zero-order valence-electron chi connectivity index (χ0n) is 13.3. The molecule has 23 heavy (non-hydrogen) atoms. The summed E-state index contributed by atoms with van der Waals surface area (Å²) in [5.74, 6) is 0.606. The number of likely N-dealkylation sites (tertiary alicyclic amines) is 1. The van der Waals surface area contributed by atoms with Gasteiger partial charge in [0.1, 0.15) is 17.7 Å². The van der Waals surface area contributed by atoms with Gasteiger partial charge in [-0.15, -0.1) is 11.3 Å². The van der Waals surface area contributed by atoms with E-state index >= 15 is 0 Å². The fraction of sp³-hybridized carbons (Fsp3) is 0.500. The zero-order chi connectivity index (χ0) is 16.4. The first-order valence-electron chi connectivity index (χ1n) is 7.70. The number of likely N-dealkylation sites (N-methyl/N-ethyl adjacent to an activating group) is 1. The van der Waals surface area contributed by atoms with Crippen molar-refractivity contribution in [2.75, 3.05) is 20.1 Å². The van der Waals surface area contributed by atoms with Crippen LogP contribution < -0.4 is 0 Å². The number of aromatic nitrogens is 2. The van der Waals surface area contributed by atoms with Gasteiger partial charge in [0.05, 0.1) is 6.20 Å². The van der Waals surface area contributed by atoms with Crippen molar-refractivity contribution in [3.63, 3.8) is 0 Å². The molecule has 0 radical (unpaired) electrons. The third-order valence-electron chi connectivity index (χ3n) is 4.18. The molecule has 1 N–H and O–H groups in total. The molecule has 0 saturated carbocycles. The molecule has 3 heterocycles. The van der Waals surface area contributed by atoms with Crippen molar-refractivity contribution in [2.24, 2.45) is 0 Å². The van der Waals surface area contributed by atoms with Crippen LogP contribution in [-0.2, 0) is 6.54 Å². The molecular formula is C16H21FN4OS. The Kier molecular flexibility index (Phi) is 4.77. The first-order chi connectivity index (χ1) is 11.0. The monoisotopic (exact) mass is 336 g/mol. The summed E-state index contributed by atoms with van der Waals surface area (Å²) < 4.78 is 13.9. The van der Waals surface area contributed by atoms with Gasteiger partial charge in [-0.3, -0.25) is 9.69 Å². The standard InChI is InChI=1S/C16H21FN4OS/c1-11-18-7-15(19-11)16(22)20(2)9-13-6-12(17)8-21(13)10-14-4-3-5-23-14/h3-5,7,12-13H,6,8-10H2,1-2H3,(H,18,19)/t12-,13-/m0/s1. The van der Waals surface area contributed by atoms with Crippen molar-refractivity contribution in [2.45, 2.75) is 32.1 Å². The Morgan fingerprint density at radius 3 is 3.09 bits per heavy atom. The predicted octanol–water partition coefficient (Wildman–Crippen LogP) is 2.46. The van der Waals surface area contributed by atoms with Crippen LogP contribution in [0.5, 0.6) is 0 Å². The van der Waals surface area contributed by atoms with Crippen LogP contribution >= 0.6 is 11.3 Å². The molecular weight excluding hydrogens is 315 g/mol.